The summed E-state index contributed by atoms with van der Waals surface area (Å²) in [5, 5.41) is 9.98. The molecule has 0 saturated carbocycles. The normalized spacial score (nSPS) is 21.8. The number of rotatable bonds is 6. The van der Waals surface area contributed by atoms with Crippen LogP contribution in [0.15, 0.2) is 0 Å². The highest BCUT2D eigenvalue weighted by atomic mass is 16.3. The molecule has 2 heterocycles. The molecule has 0 unspecified atom stereocenters. The first-order valence-electron chi connectivity index (χ1n) is 8.56. The van der Waals surface area contributed by atoms with Gasteiger partial charge in [0.05, 0.1) is 12.6 Å². The molecule has 0 bridgehead atoms. The third kappa shape index (κ3) is 5.75. The minimum absolute atomic E-state index is 0.0498. The number of hydrogen-bond acceptors (Lipinski definition) is 5. The second kappa shape index (κ2) is 8.61. The second-order valence-corrected chi connectivity index (χ2v) is 6.87. The number of aliphatic hydroxyl groups is 1. The van der Waals surface area contributed by atoms with E-state index >= 15 is 0 Å². The van der Waals surface area contributed by atoms with Gasteiger partial charge in [0.25, 0.3) is 0 Å². The van der Waals surface area contributed by atoms with Crippen molar-refractivity contribution in [2.45, 2.75) is 25.4 Å². The second-order valence-electron chi connectivity index (χ2n) is 6.87. The molecule has 0 aromatic heterocycles. The van der Waals surface area contributed by atoms with E-state index in [4.69, 9.17) is 0 Å². The summed E-state index contributed by atoms with van der Waals surface area (Å²) in [6, 6.07) is 0. The predicted octanol–water partition coefficient (Wildman–Crippen LogP) is -0.934. The summed E-state index contributed by atoms with van der Waals surface area (Å²) in [5.41, 5.74) is 0. The van der Waals surface area contributed by atoms with Crippen LogP contribution >= 0.6 is 0 Å². The average molecular weight is 326 g/mol. The van der Waals surface area contributed by atoms with Crippen molar-refractivity contribution >= 4 is 11.8 Å². The summed E-state index contributed by atoms with van der Waals surface area (Å²) in [6.07, 6.45) is 2.15. The van der Waals surface area contributed by atoms with Gasteiger partial charge in [0.15, 0.2) is 0 Å². The molecule has 7 heteroatoms. The Morgan fingerprint density at radius 1 is 1.17 bits per heavy atom. The van der Waals surface area contributed by atoms with Crippen LogP contribution in [-0.2, 0) is 9.59 Å². The Kier molecular flexibility index (Phi) is 6.80. The number of piperidine rings is 1. The van der Waals surface area contributed by atoms with Crippen LogP contribution in [0.1, 0.15) is 19.3 Å². The van der Waals surface area contributed by atoms with Crippen molar-refractivity contribution in [1.82, 2.24) is 19.6 Å². The van der Waals surface area contributed by atoms with Crippen LogP contribution in [0, 0.1) is 0 Å². The molecule has 0 spiro atoms. The van der Waals surface area contributed by atoms with Gasteiger partial charge in [0.2, 0.25) is 11.8 Å². The van der Waals surface area contributed by atoms with Crippen LogP contribution < -0.4 is 0 Å². The fourth-order valence-corrected chi connectivity index (χ4v) is 3.25. The van der Waals surface area contributed by atoms with Crippen molar-refractivity contribution in [3.8, 4) is 0 Å². The van der Waals surface area contributed by atoms with E-state index in [9.17, 15) is 14.7 Å². The quantitative estimate of drug-likeness (QED) is 0.683. The molecule has 0 aromatic carbocycles. The van der Waals surface area contributed by atoms with Gasteiger partial charge in [-0.25, -0.2) is 0 Å². The highest BCUT2D eigenvalue weighted by Gasteiger charge is 2.26. The monoisotopic (exact) mass is 326 g/mol. The summed E-state index contributed by atoms with van der Waals surface area (Å²) in [5.74, 6) is 0.156. The van der Waals surface area contributed by atoms with Gasteiger partial charge in [-0.3, -0.25) is 14.5 Å². The molecule has 132 valence electrons. The van der Waals surface area contributed by atoms with Gasteiger partial charge >= 0.3 is 0 Å². The first kappa shape index (κ1) is 18.2. The molecule has 0 radical (unpaired) electrons. The summed E-state index contributed by atoms with van der Waals surface area (Å²) < 4.78 is 0. The zero-order valence-corrected chi connectivity index (χ0v) is 14.4. The molecular weight excluding hydrogens is 296 g/mol. The number of aliphatic hydroxyl groups excluding tert-OH is 1. The van der Waals surface area contributed by atoms with E-state index in [0.29, 0.717) is 39.1 Å². The molecule has 2 rings (SSSR count). The number of amides is 2. The van der Waals surface area contributed by atoms with E-state index in [1.807, 2.05) is 23.9 Å². The minimum Gasteiger partial charge on any atom is -0.390 e. The Morgan fingerprint density at radius 2 is 1.87 bits per heavy atom. The minimum atomic E-state index is -0.363. The zero-order chi connectivity index (χ0) is 16.8. The molecule has 2 aliphatic rings. The van der Waals surface area contributed by atoms with Crippen LogP contribution in [-0.4, -0.2) is 109 Å². The lowest BCUT2D eigenvalue weighted by Crippen LogP contribution is -2.53. The summed E-state index contributed by atoms with van der Waals surface area (Å²) in [6.45, 7) is 5.14. The number of piperazine rings is 1. The molecule has 0 aliphatic carbocycles. The molecule has 0 aromatic rings. The van der Waals surface area contributed by atoms with Gasteiger partial charge < -0.3 is 19.8 Å². The number of likely N-dealkylation sites (N-methyl/N-ethyl adjacent to an activating group) is 1. The molecule has 1 atom stereocenters. The van der Waals surface area contributed by atoms with Crippen molar-refractivity contribution in [3.05, 3.63) is 0 Å². The molecule has 2 amide bonds. The highest BCUT2D eigenvalue weighted by Crippen LogP contribution is 2.11. The standard InChI is InChI=1S/C16H30N4O3/c1-17(2)11-14(21)12-18-7-9-19(10-8-18)16(23)13-20-6-4-3-5-15(20)22/h14,21H,3-13H2,1-2H3/t14-/m0/s1. The van der Waals surface area contributed by atoms with E-state index in [0.717, 1.165) is 25.9 Å². The first-order valence-corrected chi connectivity index (χ1v) is 8.56. The molecular formula is C16H30N4O3. The van der Waals surface area contributed by atoms with E-state index in [-0.39, 0.29) is 24.5 Å². The van der Waals surface area contributed by atoms with Crippen molar-refractivity contribution < 1.29 is 14.7 Å². The maximum Gasteiger partial charge on any atom is 0.242 e. The van der Waals surface area contributed by atoms with E-state index in [1.54, 1.807) is 4.90 Å². The maximum atomic E-state index is 12.3. The Labute approximate surface area is 138 Å². The SMILES string of the molecule is CN(C)C[C@H](O)CN1CCN(C(=O)CN2CCCCC2=O)CC1. The predicted molar refractivity (Wildman–Crippen MR) is 88.0 cm³/mol. The molecule has 2 saturated heterocycles. The molecule has 2 fully saturated rings. The zero-order valence-electron chi connectivity index (χ0n) is 14.4. The van der Waals surface area contributed by atoms with E-state index in [2.05, 4.69) is 4.90 Å². The van der Waals surface area contributed by atoms with Gasteiger partial charge in [0, 0.05) is 52.2 Å². The number of β-amino-alcohol motifs (C(OH)–C–C–N with tert-alkyl or cyclic N) is 1. The Morgan fingerprint density at radius 3 is 2.48 bits per heavy atom. The third-order valence-corrected chi connectivity index (χ3v) is 4.52. The third-order valence-electron chi connectivity index (χ3n) is 4.52. The van der Waals surface area contributed by atoms with Gasteiger partial charge in [-0.1, -0.05) is 0 Å². The molecule has 1 N–H and O–H groups in total. The lowest BCUT2D eigenvalue weighted by Gasteiger charge is -2.37. The van der Waals surface area contributed by atoms with Gasteiger partial charge in [-0.15, -0.1) is 0 Å². The van der Waals surface area contributed by atoms with Crippen LogP contribution in [0.5, 0.6) is 0 Å². The van der Waals surface area contributed by atoms with E-state index < -0.39 is 0 Å². The van der Waals surface area contributed by atoms with Crippen molar-refractivity contribution in [2.75, 3.05) is 66.5 Å². The van der Waals surface area contributed by atoms with Crippen LogP contribution in [0.4, 0.5) is 0 Å². The first-order chi connectivity index (χ1) is 11.0. The topological polar surface area (TPSA) is 67.3 Å². The number of hydrogen-bond donors (Lipinski definition) is 1. The Hall–Kier alpha value is -1.18. The maximum absolute atomic E-state index is 12.3. The fraction of sp³-hybridized carbons (Fsp3) is 0.875. The summed E-state index contributed by atoms with van der Waals surface area (Å²) >= 11 is 0. The number of carbonyl (C=O) groups is 2. The highest BCUT2D eigenvalue weighted by molar-refractivity contribution is 5.85. The smallest absolute Gasteiger partial charge is 0.242 e. The largest absolute Gasteiger partial charge is 0.390 e. The van der Waals surface area contributed by atoms with Crippen LogP contribution in [0.3, 0.4) is 0 Å². The number of carbonyl (C=O) groups excluding carboxylic acids is 2. The molecule has 23 heavy (non-hydrogen) atoms. The number of nitrogens with zero attached hydrogens (tertiary/aromatic N) is 4. The Balaban J connectivity index is 1.71. The average Bonchev–Trinajstić information content (AvgIpc) is 2.49. The van der Waals surface area contributed by atoms with E-state index in [1.165, 1.54) is 0 Å². The molecule has 2 aliphatic heterocycles. The molecule has 7 nitrogen and oxygen atoms in total. The fourth-order valence-electron chi connectivity index (χ4n) is 3.25. The lowest BCUT2D eigenvalue weighted by atomic mass is 10.1. The number of likely N-dealkylation sites (tertiary alicyclic amines) is 1. The summed E-state index contributed by atoms with van der Waals surface area (Å²) in [4.78, 5) is 31.8. The van der Waals surface area contributed by atoms with Gasteiger partial charge in [-0.2, -0.15) is 0 Å². The van der Waals surface area contributed by atoms with Crippen LogP contribution in [0.2, 0.25) is 0 Å². The lowest BCUT2D eigenvalue weighted by molar-refractivity contribution is -0.142. The summed E-state index contributed by atoms with van der Waals surface area (Å²) in [7, 11) is 3.89. The van der Waals surface area contributed by atoms with Gasteiger partial charge in [0.1, 0.15) is 0 Å². The van der Waals surface area contributed by atoms with Crippen molar-refractivity contribution in [1.29, 1.82) is 0 Å². The Bertz CT molecular complexity index is 408. The van der Waals surface area contributed by atoms with Crippen molar-refractivity contribution in [2.24, 2.45) is 0 Å². The van der Waals surface area contributed by atoms with Crippen LogP contribution in [0.25, 0.3) is 0 Å². The van der Waals surface area contributed by atoms with Crippen molar-refractivity contribution in [3.63, 3.8) is 0 Å². The van der Waals surface area contributed by atoms with Gasteiger partial charge in [-0.05, 0) is 26.9 Å².